The van der Waals surface area contributed by atoms with Gasteiger partial charge in [-0.25, -0.2) is 0 Å². The molecule has 0 nitrogen and oxygen atoms in total. The molecule has 0 fully saturated rings. The van der Waals surface area contributed by atoms with Crippen LogP contribution in [-0.2, 0) is 0 Å². The van der Waals surface area contributed by atoms with E-state index in [0.717, 1.165) is 0 Å². The third kappa shape index (κ3) is 5.63. The van der Waals surface area contributed by atoms with Gasteiger partial charge in [-0.1, -0.05) is 267 Å². The molecule has 17 rings (SSSR count). The standard InChI is InChI=1S/C76H46/c1-5-21-45(22-6-1)49-29-13-15-31-51(49)69-55-35-19-17-33-53(55)65(47-25-9-3-10-26-47)73-61-41-37-57-60-40-44-64-72-62(42-38-58(68(60)72)59-39-43-63(75(69)73)71(61)67(57)59)74-66(48-27-11-4-12-28-48)54-34-18-20-36-56(54)70(76(64)74)52-32-16-14-30-50(52)46-23-7-2-8-24-46/h1-44,73,75H. The van der Waals surface area contributed by atoms with Crippen molar-refractivity contribution in [1.29, 1.82) is 0 Å². The van der Waals surface area contributed by atoms with Gasteiger partial charge in [0, 0.05) is 11.8 Å². The molecule has 14 aromatic carbocycles. The van der Waals surface area contributed by atoms with Gasteiger partial charge in [-0.15, -0.1) is 0 Å². The smallest absolute Gasteiger partial charge is 0.0218 e. The lowest BCUT2D eigenvalue weighted by molar-refractivity contribution is 0.792. The highest BCUT2D eigenvalue weighted by Crippen LogP contribution is 2.63. The summed E-state index contributed by atoms with van der Waals surface area (Å²) < 4.78 is 0. The maximum absolute atomic E-state index is 2.53. The predicted molar refractivity (Wildman–Crippen MR) is 320 cm³/mol. The summed E-state index contributed by atoms with van der Waals surface area (Å²) in [6, 6.07) is 101. The molecule has 0 radical (unpaired) electrons. The van der Waals surface area contributed by atoms with Crippen LogP contribution in [0, 0.1) is 0 Å². The van der Waals surface area contributed by atoms with E-state index in [-0.39, 0.29) is 11.8 Å². The number of hydrogen-bond donors (Lipinski definition) is 0. The molecule has 0 N–H and O–H groups in total. The van der Waals surface area contributed by atoms with Crippen molar-refractivity contribution in [2.75, 3.05) is 0 Å². The summed E-state index contributed by atoms with van der Waals surface area (Å²) in [4.78, 5) is 0. The van der Waals surface area contributed by atoms with Crippen molar-refractivity contribution in [3.8, 4) is 66.8 Å². The molecule has 0 bridgehead atoms. The summed E-state index contributed by atoms with van der Waals surface area (Å²) in [5.74, 6) is 0.209. The zero-order chi connectivity index (χ0) is 49.6. The zero-order valence-corrected chi connectivity index (χ0v) is 41.6. The van der Waals surface area contributed by atoms with Gasteiger partial charge in [0.15, 0.2) is 0 Å². The Morgan fingerprint density at radius 1 is 0.184 bits per heavy atom. The van der Waals surface area contributed by atoms with Gasteiger partial charge in [0.2, 0.25) is 0 Å². The van der Waals surface area contributed by atoms with Gasteiger partial charge >= 0.3 is 0 Å². The average molecular weight is 959 g/mol. The zero-order valence-electron chi connectivity index (χ0n) is 41.6. The first-order valence-corrected chi connectivity index (χ1v) is 26.8. The van der Waals surface area contributed by atoms with Crippen molar-refractivity contribution in [3.05, 3.63) is 300 Å². The van der Waals surface area contributed by atoms with Crippen LogP contribution in [0.4, 0.5) is 0 Å². The van der Waals surface area contributed by atoms with Gasteiger partial charge in [0.25, 0.3) is 0 Å². The van der Waals surface area contributed by atoms with E-state index in [2.05, 4.69) is 267 Å². The third-order valence-corrected chi connectivity index (χ3v) is 17.6. The normalized spacial score (nSPS) is 15.1. The number of rotatable bonds is 6. The summed E-state index contributed by atoms with van der Waals surface area (Å²) >= 11 is 0. The fraction of sp³-hybridized carbons (Fsp3) is 0.0263. The fourth-order valence-corrected chi connectivity index (χ4v) is 14.8. The Hall–Kier alpha value is -9.62. The van der Waals surface area contributed by atoms with E-state index < -0.39 is 0 Å². The molecule has 0 spiro atoms. The molecule has 2 unspecified atom stereocenters. The third-order valence-electron chi connectivity index (χ3n) is 17.6. The molecule has 0 heterocycles. The maximum Gasteiger partial charge on any atom is 0.0218 e. The number of benzene rings is 14. The Bertz CT molecular complexity index is 4870. The summed E-state index contributed by atoms with van der Waals surface area (Å²) in [6.07, 6.45) is 0. The topological polar surface area (TPSA) is 0 Å². The highest BCUT2D eigenvalue weighted by atomic mass is 14.5. The molecular formula is C76H46. The largest absolute Gasteiger partial charge is 0.0622 e. The summed E-state index contributed by atoms with van der Waals surface area (Å²) in [5.41, 5.74) is 23.6. The number of fused-ring (bicyclic) bond motifs is 10. The molecule has 3 aliphatic carbocycles. The van der Waals surface area contributed by atoms with E-state index in [1.54, 1.807) is 0 Å². The first kappa shape index (κ1) is 41.8. The van der Waals surface area contributed by atoms with Gasteiger partial charge in [-0.05, 0) is 164 Å². The maximum atomic E-state index is 2.53. The van der Waals surface area contributed by atoms with Crippen molar-refractivity contribution in [3.63, 3.8) is 0 Å². The monoisotopic (exact) mass is 958 g/mol. The molecule has 350 valence electrons. The van der Waals surface area contributed by atoms with E-state index >= 15 is 0 Å². The average Bonchev–Trinajstić information content (AvgIpc) is 3.95. The van der Waals surface area contributed by atoms with Crippen molar-refractivity contribution in [2.24, 2.45) is 0 Å². The van der Waals surface area contributed by atoms with Gasteiger partial charge in [0.1, 0.15) is 0 Å². The molecule has 0 saturated heterocycles. The summed E-state index contributed by atoms with van der Waals surface area (Å²) in [7, 11) is 0. The lowest BCUT2D eigenvalue weighted by Gasteiger charge is -2.32. The van der Waals surface area contributed by atoms with Crippen LogP contribution in [0.5, 0.6) is 0 Å². The molecule has 0 heteroatoms. The molecule has 0 aliphatic heterocycles. The second kappa shape index (κ2) is 15.9. The van der Waals surface area contributed by atoms with Gasteiger partial charge in [-0.3, -0.25) is 0 Å². The van der Waals surface area contributed by atoms with Crippen molar-refractivity contribution >= 4 is 65.0 Å². The van der Waals surface area contributed by atoms with Crippen LogP contribution in [0.3, 0.4) is 0 Å². The molecule has 3 aliphatic rings. The summed E-state index contributed by atoms with van der Waals surface area (Å²) in [6.45, 7) is 0. The Kier molecular flexibility index (Phi) is 8.77. The highest BCUT2D eigenvalue weighted by molar-refractivity contribution is 6.40. The minimum absolute atomic E-state index is 0.0970. The van der Waals surface area contributed by atoms with E-state index in [1.807, 2.05) is 0 Å². The molecule has 0 aromatic heterocycles. The molecule has 76 heavy (non-hydrogen) atoms. The SMILES string of the molecule is c1ccc(C2=c3ccccc3=C(c3ccccc3-c3ccccc3)C3c4ccc5c6ccc7c8c(ccc(c9ccc(c4c95)C23)c86)-c2c-7c(-c3ccccc3)c3ccccc3c2-c2ccccc2-c2ccccc2)cc1. The lowest BCUT2D eigenvalue weighted by atomic mass is 9.70. The number of hydrogen-bond acceptors (Lipinski definition) is 0. The first-order valence-electron chi connectivity index (χ1n) is 26.8. The van der Waals surface area contributed by atoms with E-state index in [0.29, 0.717) is 0 Å². The highest BCUT2D eigenvalue weighted by Gasteiger charge is 2.44. The van der Waals surface area contributed by atoms with Crippen molar-refractivity contribution < 1.29 is 0 Å². The van der Waals surface area contributed by atoms with Gasteiger partial charge < -0.3 is 0 Å². The quantitative estimate of drug-likeness (QED) is 0.115. The molecule has 14 aromatic rings. The second-order valence-corrected chi connectivity index (χ2v) is 21.2. The van der Waals surface area contributed by atoms with Crippen LogP contribution >= 0.6 is 0 Å². The second-order valence-electron chi connectivity index (χ2n) is 21.2. The van der Waals surface area contributed by atoms with E-state index in [1.165, 1.54) is 164 Å². The fourth-order valence-electron chi connectivity index (χ4n) is 14.8. The molecular weight excluding hydrogens is 913 g/mol. The minimum Gasteiger partial charge on any atom is -0.0622 e. The summed E-state index contributed by atoms with van der Waals surface area (Å²) in [5, 5.41) is 16.0. The van der Waals surface area contributed by atoms with E-state index in [9.17, 15) is 0 Å². The van der Waals surface area contributed by atoms with Crippen LogP contribution in [-0.4, -0.2) is 0 Å². The Balaban J connectivity index is 0.973. The molecule has 2 atom stereocenters. The molecule has 0 amide bonds. The van der Waals surface area contributed by atoms with Crippen LogP contribution in [0.15, 0.2) is 267 Å². The van der Waals surface area contributed by atoms with Crippen LogP contribution < -0.4 is 10.4 Å². The van der Waals surface area contributed by atoms with Gasteiger partial charge in [-0.2, -0.15) is 0 Å². The predicted octanol–water partition coefficient (Wildman–Crippen LogP) is 18.5. The van der Waals surface area contributed by atoms with Crippen LogP contribution in [0.2, 0.25) is 0 Å². The Morgan fingerprint density at radius 3 is 1.13 bits per heavy atom. The molecule has 0 saturated carbocycles. The lowest BCUT2D eigenvalue weighted by Crippen LogP contribution is -2.38. The Morgan fingerprint density at radius 2 is 0.566 bits per heavy atom. The van der Waals surface area contributed by atoms with Crippen molar-refractivity contribution in [1.82, 2.24) is 0 Å². The van der Waals surface area contributed by atoms with Crippen molar-refractivity contribution in [2.45, 2.75) is 11.8 Å². The minimum atomic E-state index is 0.0970. The first-order chi connectivity index (χ1) is 37.8. The van der Waals surface area contributed by atoms with E-state index in [4.69, 9.17) is 0 Å². The van der Waals surface area contributed by atoms with Crippen LogP contribution in [0.1, 0.15) is 34.1 Å². The Labute approximate surface area is 440 Å². The van der Waals surface area contributed by atoms with Crippen LogP contribution in [0.25, 0.3) is 132 Å². The van der Waals surface area contributed by atoms with Gasteiger partial charge in [0.05, 0.1) is 0 Å².